The van der Waals surface area contributed by atoms with Crippen molar-refractivity contribution in [3.05, 3.63) is 35.9 Å². The number of aliphatic carboxylic acids is 1. The van der Waals surface area contributed by atoms with Gasteiger partial charge in [-0.3, -0.25) is 14.5 Å². The molecule has 12 heteroatoms. The van der Waals surface area contributed by atoms with Gasteiger partial charge in [-0.25, -0.2) is 9.59 Å². The fourth-order valence-corrected chi connectivity index (χ4v) is 8.01. The highest BCUT2D eigenvalue weighted by molar-refractivity contribution is 8.18. The summed E-state index contributed by atoms with van der Waals surface area (Å²) in [6.45, 7) is 11.4. The highest BCUT2D eigenvalue weighted by Gasteiger charge is 2.51. The quantitative estimate of drug-likeness (QED) is 0.313. The Morgan fingerprint density at radius 3 is 2.29 bits per heavy atom. The monoisotopic (exact) mass is 625 g/mol. The van der Waals surface area contributed by atoms with Gasteiger partial charge in [-0.2, -0.15) is 0 Å². The molecule has 4 N–H and O–H groups in total. The number of ether oxygens (including phenoxy) is 1. The van der Waals surface area contributed by atoms with Crippen LogP contribution < -0.4 is 10.6 Å². The number of hydrogen-bond acceptors (Lipinski definition) is 8. The summed E-state index contributed by atoms with van der Waals surface area (Å²) in [5, 5.41) is 24.5. The standard InChI is InChI=1S/C17H26N2O3.C13H21NO4S2/c1-4-8-12(2)16(21)17(22)18-11-15(20)19-13(3)14-9-6-5-7-10-14;1-12(2,3)18-11(17)14-8-13(7-9(14)10(15)16)19-5-4-6-20-13/h5-7,9-10,12-13,16,21H,4,8,11H2,1-3H3,(H,18,22)(H,19,20);9H,4-8H2,1-3H3,(H,15,16)/t12?,13-,16?;9-/m10/s1. The molecule has 2 aliphatic rings. The van der Waals surface area contributed by atoms with Gasteiger partial charge in [-0.05, 0) is 63.5 Å². The molecule has 0 saturated carbocycles. The van der Waals surface area contributed by atoms with E-state index in [1.54, 1.807) is 44.3 Å². The molecule has 236 valence electrons. The Bertz CT molecular complexity index is 1050. The van der Waals surface area contributed by atoms with E-state index in [4.69, 9.17) is 4.74 Å². The first-order valence-electron chi connectivity index (χ1n) is 14.5. The number of rotatable bonds is 9. The first-order chi connectivity index (χ1) is 19.7. The van der Waals surface area contributed by atoms with Crippen LogP contribution in [-0.2, 0) is 19.1 Å². The lowest BCUT2D eigenvalue weighted by atomic mass is 9.99. The van der Waals surface area contributed by atoms with Crippen LogP contribution in [0.1, 0.15) is 78.8 Å². The van der Waals surface area contributed by atoms with E-state index in [0.717, 1.165) is 36.3 Å². The molecule has 1 aromatic carbocycles. The minimum absolute atomic E-state index is 0.115. The van der Waals surface area contributed by atoms with E-state index in [-0.39, 0.29) is 28.5 Å². The summed E-state index contributed by atoms with van der Waals surface area (Å²) in [4.78, 5) is 48.7. The summed E-state index contributed by atoms with van der Waals surface area (Å²) in [5.41, 5.74) is 0.390. The molecular weight excluding hydrogens is 578 g/mol. The first kappa shape index (κ1) is 35.8. The average molecular weight is 626 g/mol. The zero-order valence-corrected chi connectivity index (χ0v) is 27.2. The zero-order valence-electron chi connectivity index (χ0n) is 25.6. The number of carboxylic acids is 1. The second-order valence-corrected chi connectivity index (χ2v) is 15.0. The summed E-state index contributed by atoms with van der Waals surface area (Å²) in [6.07, 6.45) is 1.72. The number of aliphatic hydroxyl groups excluding tert-OH is 1. The van der Waals surface area contributed by atoms with E-state index in [2.05, 4.69) is 10.6 Å². The average Bonchev–Trinajstić information content (AvgIpc) is 3.31. The summed E-state index contributed by atoms with van der Waals surface area (Å²) in [5.74, 6) is 0.225. The van der Waals surface area contributed by atoms with Crippen molar-refractivity contribution in [2.75, 3.05) is 24.6 Å². The largest absolute Gasteiger partial charge is 0.480 e. The predicted molar refractivity (Wildman–Crippen MR) is 167 cm³/mol. The van der Waals surface area contributed by atoms with Crippen molar-refractivity contribution in [1.82, 2.24) is 15.5 Å². The molecule has 2 fully saturated rings. The molecule has 1 spiro atoms. The van der Waals surface area contributed by atoms with Gasteiger partial charge in [0.05, 0.1) is 16.7 Å². The van der Waals surface area contributed by atoms with Crippen molar-refractivity contribution in [3.8, 4) is 0 Å². The summed E-state index contributed by atoms with van der Waals surface area (Å²) >= 11 is 3.57. The number of nitrogens with one attached hydrogen (secondary N) is 2. The third kappa shape index (κ3) is 11.3. The van der Waals surface area contributed by atoms with Crippen LogP contribution in [0.15, 0.2) is 30.3 Å². The summed E-state index contributed by atoms with van der Waals surface area (Å²) in [6, 6.07) is 8.69. The topological polar surface area (TPSA) is 145 Å². The predicted octanol–water partition coefficient (Wildman–Crippen LogP) is 4.42. The second-order valence-electron chi connectivity index (χ2n) is 11.8. The van der Waals surface area contributed by atoms with Crippen molar-refractivity contribution < 1.29 is 34.1 Å². The number of carbonyl (C=O) groups excluding carboxylic acids is 3. The minimum atomic E-state index is -1.07. The molecule has 42 heavy (non-hydrogen) atoms. The van der Waals surface area contributed by atoms with E-state index in [1.165, 1.54) is 4.90 Å². The lowest BCUT2D eigenvalue weighted by Crippen LogP contribution is -2.44. The van der Waals surface area contributed by atoms with Gasteiger partial charge in [-0.1, -0.05) is 50.6 Å². The molecule has 2 aliphatic heterocycles. The Hall–Kier alpha value is -2.44. The van der Waals surface area contributed by atoms with Gasteiger partial charge >= 0.3 is 12.1 Å². The maximum Gasteiger partial charge on any atom is 0.411 e. The van der Waals surface area contributed by atoms with Crippen LogP contribution in [0.25, 0.3) is 0 Å². The number of thioether (sulfide) groups is 2. The Morgan fingerprint density at radius 1 is 1.12 bits per heavy atom. The normalized spacial score (nSPS) is 20.0. The number of carbonyl (C=O) groups is 4. The van der Waals surface area contributed by atoms with Gasteiger partial charge in [0.1, 0.15) is 17.7 Å². The van der Waals surface area contributed by atoms with E-state index in [0.29, 0.717) is 13.0 Å². The number of aliphatic hydroxyl groups is 1. The van der Waals surface area contributed by atoms with Crippen molar-refractivity contribution in [3.63, 3.8) is 0 Å². The van der Waals surface area contributed by atoms with Crippen LogP contribution in [0.4, 0.5) is 4.79 Å². The Morgan fingerprint density at radius 2 is 1.74 bits per heavy atom. The molecule has 1 aromatic rings. The van der Waals surface area contributed by atoms with Crippen LogP contribution in [0.5, 0.6) is 0 Å². The third-order valence-electron chi connectivity index (χ3n) is 6.88. The molecule has 0 radical (unpaired) electrons. The first-order valence-corrected chi connectivity index (χ1v) is 16.5. The van der Waals surface area contributed by atoms with E-state index < -0.39 is 35.7 Å². The zero-order chi connectivity index (χ0) is 31.5. The fraction of sp³-hybridized carbons (Fsp3) is 0.667. The lowest BCUT2D eigenvalue weighted by molar-refractivity contribution is -0.142. The second kappa shape index (κ2) is 16.4. The van der Waals surface area contributed by atoms with Gasteiger partial charge in [0.25, 0.3) is 0 Å². The number of benzene rings is 1. The Labute approximate surface area is 258 Å². The van der Waals surface area contributed by atoms with Crippen LogP contribution in [0.3, 0.4) is 0 Å². The molecule has 3 rings (SSSR count). The van der Waals surface area contributed by atoms with Gasteiger partial charge in [0.2, 0.25) is 11.8 Å². The molecular formula is C30H47N3O7S2. The van der Waals surface area contributed by atoms with Crippen molar-refractivity contribution in [2.45, 2.75) is 95.1 Å². The van der Waals surface area contributed by atoms with Crippen LogP contribution in [-0.4, -0.2) is 85.4 Å². The summed E-state index contributed by atoms with van der Waals surface area (Å²) < 4.78 is 5.17. The molecule has 3 amide bonds. The van der Waals surface area contributed by atoms with E-state index in [1.807, 2.05) is 51.1 Å². The summed E-state index contributed by atoms with van der Waals surface area (Å²) in [7, 11) is 0. The molecule has 2 heterocycles. The number of likely N-dealkylation sites (tertiary alicyclic amines) is 1. The molecule has 0 aliphatic carbocycles. The van der Waals surface area contributed by atoms with Crippen LogP contribution in [0, 0.1) is 5.92 Å². The molecule has 10 nitrogen and oxygen atoms in total. The molecule has 0 aromatic heterocycles. The van der Waals surface area contributed by atoms with Crippen molar-refractivity contribution in [1.29, 1.82) is 0 Å². The Balaban J connectivity index is 0.000000294. The Kier molecular flexibility index (Phi) is 14.0. The molecule has 2 unspecified atom stereocenters. The molecule has 2 saturated heterocycles. The van der Waals surface area contributed by atoms with E-state index in [9.17, 15) is 29.4 Å². The highest BCUT2D eigenvalue weighted by atomic mass is 32.2. The molecule has 4 atom stereocenters. The SMILES string of the molecule is CC(C)(C)OC(=O)N1CC2(C[C@H]1C(=O)O)SCCCS2.CCCC(C)C(O)C(=O)NCC(=O)N[C@H](C)c1ccccc1. The van der Waals surface area contributed by atoms with Crippen LogP contribution in [0.2, 0.25) is 0 Å². The van der Waals surface area contributed by atoms with Crippen LogP contribution >= 0.6 is 23.5 Å². The van der Waals surface area contributed by atoms with Gasteiger partial charge < -0.3 is 25.6 Å². The lowest BCUT2D eigenvalue weighted by Gasteiger charge is -2.32. The van der Waals surface area contributed by atoms with Gasteiger partial charge in [-0.15, -0.1) is 23.5 Å². The number of carboxylic acid groups (broad SMARTS) is 1. The van der Waals surface area contributed by atoms with Gasteiger partial charge in [0, 0.05) is 13.0 Å². The highest BCUT2D eigenvalue weighted by Crippen LogP contribution is 2.50. The molecule has 0 bridgehead atoms. The number of amides is 3. The third-order valence-corrected chi connectivity index (χ3v) is 10.2. The van der Waals surface area contributed by atoms with Crippen molar-refractivity contribution >= 4 is 47.4 Å². The number of nitrogens with zero attached hydrogens (tertiary/aromatic N) is 1. The van der Waals surface area contributed by atoms with Gasteiger partial charge in [0.15, 0.2) is 0 Å². The van der Waals surface area contributed by atoms with Crippen molar-refractivity contribution in [2.24, 2.45) is 5.92 Å². The van der Waals surface area contributed by atoms with E-state index >= 15 is 0 Å². The number of hydrogen-bond donors (Lipinski definition) is 4. The smallest absolute Gasteiger partial charge is 0.411 e. The maximum absolute atomic E-state index is 12.2. The fourth-order valence-electron chi connectivity index (χ4n) is 4.66. The minimum Gasteiger partial charge on any atom is -0.480 e. The maximum atomic E-state index is 12.2.